The number of hydrogen-bond donors (Lipinski definition) is 0. The van der Waals surface area contributed by atoms with E-state index in [2.05, 4.69) is 18.7 Å². The average Bonchev–Trinajstić information content (AvgIpc) is 2.39. The number of ether oxygens (including phenoxy) is 1. The van der Waals surface area contributed by atoms with E-state index in [1.54, 1.807) is 0 Å². The Morgan fingerprint density at radius 2 is 2.33 bits per heavy atom. The largest absolute Gasteiger partial charge is 0.376 e. The van der Waals surface area contributed by atoms with E-state index in [1.807, 2.05) is 0 Å². The average molecular weight is 253 g/mol. The van der Waals surface area contributed by atoms with Gasteiger partial charge in [0.2, 0.25) is 0 Å². The highest BCUT2D eigenvalue weighted by Gasteiger charge is 2.37. The van der Waals surface area contributed by atoms with E-state index in [4.69, 9.17) is 4.74 Å². The minimum absolute atomic E-state index is 0.0761. The first-order valence-electron chi connectivity index (χ1n) is 7.48. The number of hydrogen-bond acceptors (Lipinski definition) is 3. The fraction of sp³-hybridized carbons (Fsp3) is 0.933. The molecule has 0 amide bonds. The van der Waals surface area contributed by atoms with Gasteiger partial charge in [-0.25, -0.2) is 0 Å². The Balaban J connectivity index is 1.94. The summed E-state index contributed by atoms with van der Waals surface area (Å²) in [6.07, 6.45) is 7.33. The van der Waals surface area contributed by atoms with Crippen molar-refractivity contribution in [3.63, 3.8) is 0 Å². The molecule has 0 spiro atoms. The molecule has 1 saturated carbocycles. The first-order chi connectivity index (χ1) is 8.67. The summed E-state index contributed by atoms with van der Waals surface area (Å²) in [6.45, 7) is 8.21. The zero-order valence-electron chi connectivity index (χ0n) is 11.9. The van der Waals surface area contributed by atoms with Crippen molar-refractivity contribution in [2.24, 2.45) is 11.3 Å². The maximum absolute atomic E-state index is 11.6. The highest BCUT2D eigenvalue weighted by molar-refractivity contribution is 5.60. The first kappa shape index (κ1) is 14.0. The van der Waals surface area contributed by atoms with E-state index in [1.165, 1.54) is 19.1 Å². The maximum atomic E-state index is 11.6. The van der Waals surface area contributed by atoms with Crippen LogP contribution in [0.25, 0.3) is 0 Å². The lowest BCUT2D eigenvalue weighted by Crippen LogP contribution is -2.49. The van der Waals surface area contributed by atoms with Crippen molar-refractivity contribution in [3.8, 4) is 0 Å². The molecule has 0 radical (unpaired) electrons. The summed E-state index contributed by atoms with van der Waals surface area (Å²) >= 11 is 0. The molecule has 2 aliphatic rings. The molecule has 3 atom stereocenters. The second kappa shape index (κ2) is 6.16. The Bertz CT molecular complexity index is 282. The molecule has 0 aromatic carbocycles. The van der Waals surface area contributed by atoms with Gasteiger partial charge in [0.25, 0.3) is 0 Å². The van der Waals surface area contributed by atoms with Gasteiger partial charge in [-0.2, -0.15) is 0 Å². The third kappa shape index (κ3) is 3.33. The second-order valence-electron chi connectivity index (χ2n) is 6.32. The van der Waals surface area contributed by atoms with Gasteiger partial charge in [0.1, 0.15) is 6.29 Å². The molecule has 3 nitrogen and oxygen atoms in total. The standard InChI is InChI=1S/C15H27NO2/c1-3-14-10-16(7-8-18-14)11-15(12-17)6-4-5-13(2)9-15/h12-14H,3-11H2,1-2H3. The molecular formula is C15H27NO2. The van der Waals surface area contributed by atoms with E-state index in [-0.39, 0.29) is 5.41 Å². The zero-order valence-corrected chi connectivity index (χ0v) is 11.9. The number of aldehydes is 1. The van der Waals surface area contributed by atoms with Gasteiger partial charge in [-0.05, 0) is 25.2 Å². The normalized spacial score (nSPS) is 38.6. The Morgan fingerprint density at radius 3 is 3.00 bits per heavy atom. The Kier molecular flexibility index (Phi) is 4.79. The van der Waals surface area contributed by atoms with Crippen molar-refractivity contribution in [3.05, 3.63) is 0 Å². The zero-order chi connectivity index (χ0) is 13.0. The molecular weight excluding hydrogens is 226 g/mol. The van der Waals surface area contributed by atoms with Gasteiger partial charge in [0.05, 0.1) is 12.7 Å². The van der Waals surface area contributed by atoms with E-state index in [0.717, 1.165) is 45.5 Å². The molecule has 0 bridgehead atoms. The van der Waals surface area contributed by atoms with Gasteiger partial charge >= 0.3 is 0 Å². The molecule has 2 fully saturated rings. The van der Waals surface area contributed by atoms with Crippen molar-refractivity contribution in [2.75, 3.05) is 26.2 Å². The van der Waals surface area contributed by atoms with Crippen molar-refractivity contribution < 1.29 is 9.53 Å². The lowest BCUT2D eigenvalue weighted by Gasteiger charge is -2.42. The summed E-state index contributed by atoms with van der Waals surface area (Å²) in [5.74, 6) is 0.701. The molecule has 0 aromatic heterocycles. The lowest BCUT2D eigenvalue weighted by atomic mass is 9.70. The molecule has 1 heterocycles. The molecule has 1 aliphatic heterocycles. The molecule has 0 aromatic rings. The van der Waals surface area contributed by atoms with Crippen molar-refractivity contribution in [1.29, 1.82) is 0 Å². The van der Waals surface area contributed by atoms with Gasteiger partial charge in [0.15, 0.2) is 0 Å². The van der Waals surface area contributed by atoms with Gasteiger partial charge in [-0.3, -0.25) is 4.90 Å². The minimum atomic E-state index is -0.0761. The van der Waals surface area contributed by atoms with E-state index in [9.17, 15) is 4.79 Å². The summed E-state index contributed by atoms with van der Waals surface area (Å²) in [6, 6.07) is 0. The van der Waals surface area contributed by atoms with Crippen LogP contribution in [0.15, 0.2) is 0 Å². The fourth-order valence-electron chi connectivity index (χ4n) is 3.60. The summed E-state index contributed by atoms with van der Waals surface area (Å²) in [4.78, 5) is 14.0. The third-order valence-electron chi connectivity index (χ3n) is 4.59. The number of carbonyl (C=O) groups excluding carboxylic acids is 1. The summed E-state index contributed by atoms with van der Waals surface area (Å²) < 4.78 is 5.70. The van der Waals surface area contributed by atoms with Crippen molar-refractivity contribution >= 4 is 6.29 Å². The predicted octanol–water partition coefficient (Wildman–Crippen LogP) is 2.49. The molecule has 3 unspecified atom stereocenters. The molecule has 18 heavy (non-hydrogen) atoms. The summed E-state index contributed by atoms with van der Waals surface area (Å²) in [5, 5.41) is 0. The van der Waals surface area contributed by atoms with E-state index in [0.29, 0.717) is 12.0 Å². The fourth-order valence-corrected chi connectivity index (χ4v) is 3.60. The quantitative estimate of drug-likeness (QED) is 0.721. The van der Waals surface area contributed by atoms with Crippen LogP contribution in [-0.2, 0) is 9.53 Å². The number of rotatable bonds is 4. The lowest BCUT2D eigenvalue weighted by molar-refractivity contribution is -0.122. The molecule has 1 aliphatic carbocycles. The highest BCUT2D eigenvalue weighted by atomic mass is 16.5. The highest BCUT2D eigenvalue weighted by Crippen LogP contribution is 2.38. The van der Waals surface area contributed by atoms with Gasteiger partial charge in [-0.15, -0.1) is 0 Å². The van der Waals surface area contributed by atoms with Crippen LogP contribution >= 0.6 is 0 Å². The minimum Gasteiger partial charge on any atom is -0.376 e. The summed E-state index contributed by atoms with van der Waals surface area (Å²) in [7, 11) is 0. The number of carbonyl (C=O) groups is 1. The van der Waals surface area contributed by atoms with E-state index < -0.39 is 0 Å². The van der Waals surface area contributed by atoms with Crippen LogP contribution in [0, 0.1) is 11.3 Å². The van der Waals surface area contributed by atoms with E-state index >= 15 is 0 Å². The smallest absolute Gasteiger partial charge is 0.127 e. The Labute approximate surface area is 111 Å². The van der Waals surface area contributed by atoms with Crippen LogP contribution < -0.4 is 0 Å². The third-order valence-corrected chi connectivity index (χ3v) is 4.59. The molecule has 3 heteroatoms. The SMILES string of the molecule is CCC1CN(CC2(C=O)CCCC(C)C2)CCO1. The Morgan fingerprint density at radius 1 is 1.50 bits per heavy atom. The van der Waals surface area contributed by atoms with Crippen LogP contribution in [0.5, 0.6) is 0 Å². The molecule has 0 N–H and O–H groups in total. The first-order valence-corrected chi connectivity index (χ1v) is 7.48. The van der Waals surface area contributed by atoms with Crippen LogP contribution in [0.4, 0.5) is 0 Å². The predicted molar refractivity (Wildman–Crippen MR) is 72.6 cm³/mol. The van der Waals surface area contributed by atoms with Crippen LogP contribution in [0.2, 0.25) is 0 Å². The topological polar surface area (TPSA) is 29.5 Å². The molecule has 1 saturated heterocycles. The summed E-state index contributed by atoms with van der Waals surface area (Å²) in [5.41, 5.74) is -0.0761. The van der Waals surface area contributed by atoms with Crippen LogP contribution in [0.3, 0.4) is 0 Å². The maximum Gasteiger partial charge on any atom is 0.127 e. The van der Waals surface area contributed by atoms with Gasteiger partial charge in [-0.1, -0.05) is 26.7 Å². The molecule has 2 rings (SSSR count). The van der Waals surface area contributed by atoms with Crippen molar-refractivity contribution in [1.82, 2.24) is 4.90 Å². The van der Waals surface area contributed by atoms with Gasteiger partial charge in [0, 0.05) is 25.0 Å². The number of morpholine rings is 1. The second-order valence-corrected chi connectivity index (χ2v) is 6.32. The monoisotopic (exact) mass is 253 g/mol. The Hall–Kier alpha value is -0.410. The molecule has 104 valence electrons. The van der Waals surface area contributed by atoms with Crippen LogP contribution in [0.1, 0.15) is 46.0 Å². The van der Waals surface area contributed by atoms with Gasteiger partial charge < -0.3 is 9.53 Å². The number of nitrogens with zero attached hydrogens (tertiary/aromatic N) is 1. The van der Waals surface area contributed by atoms with Crippen molar-refractivity contribution in [2.45, 2.75) is 52.1 Å². The van der Waals surface area contributed by atoms with Crippen LogP contribution in [-0.4, -0.2) is 43.5 Å².